The van der Waals surface area contributed by atoms with Crippen LogP contribution in [0.15, 0.2) is 33.9 Å². The van der Waals surface area contributed by atoms with E-state index in [0.717, 1.165) is 36.8 Å². The van der Waals surface area contributed by atoms with E-state index in [1.54, 1.807) is 0 Å². The molecule has 0 aliphatic rings. The highest BCUT2D eigenvalue weighted by Gasteiger charge is 2.22. The topological polar surface area (TPSA) is 61.8 Å². The predicted molar refractivity (Wildman–Crippen MR) is 91.5 cm³/mol. The van der Waals surface area contributed by atoms with Crippen molar-refractivity contribution in [2.75, 3.05) is 13.6 Å². The van der Waals surface area contributed by atoms with E-state index >= 15 is 0 Å². The van der Waals surface area contributed by atoms with Crippen molar-refractivity contribution in [3.63, 3.8) is 0 Å². The first-order chi connectivity index (χ1) is 9.86. The lowest BCUT2D eigenvalue weighted by Gasteiger charge is -2.23. The Morgan fingerprint density at radius 2 is 2.00 bits per heavy atom. The van der Waals surface area contributed by atoms with Crippen molar-refractivity contribution in [3.8, 4) is 0 Å². The smallest absolute Gasteiger partial charge is 0.144 e. The van der Waals surface area contributed by atoms with E-state index in [-0.39, 0.29) is 5.41 Å². The molecule has 4 nitrogen and oxygen atoms in total. The maximum Gasteiger partial charge on any atom is 0.144 e. The number of hydrogen-bond acceptors (Lipinski definition) is 3. The zero-order valence-electron chi connectivity index (χ0n) is 13.1. The minimum atomic E-state index is -0.240. The van der Waals surface area contributed by atoms with Crippen LogP contribution in [0.5, 0.6) is 0 Å². The molecule has 0 bridgehead atoms. The van der Waals surface area contributed by atoms with Crippen LogP contribution in [0.3, 0.4) is 0 Å². The van der Waals surface area contributed by atoms with Gasteiger partial charge in [-0.3, -0.25) is 0 Å². The molecule has 0 aliphatic heterocycles. The molecule has 0 saturated carbocycles. The van der Waals surface area contributed by atoms with Crippen LogP contribution in [0.1, 0.15) is 38.7 Å². The van der Waals surface area contributed by atoms with Crippen LogP contribution in [-0.4, -0.2) is 29.5 Å². The molecule has 1 aromatic rings. The standard InChI is InChI=1S/C16H26BrN3O/c1-16(2,15(18)19-21)10-6-7-11-20(3)12-13-8-4-5-9-14(13)17/h4-5,8-9,21H,6-7,10-12H2,1-3H3,(H2,18,19). The Labute approximate surface area is 136 Å². The SMILES string of the molecule is CN(CCCCC(C)(C)/C(N)=N/O)Cc1ccccc1Br. The first-order valence-electron chi connectivity index (χ1n) is 7.27. The fourth-order valence-corrected chi connectivity index (χ4v) is 2.62. The van der Waals surface area contributed by atoms with Crippen molar-refractivity contribution in [2.45, 2.75) is 39.7 Å². The van der Waals surface area contributed by atoms with Crippen LogP contribution in [0.2, 0.25) is 0 Å². The summed E-state index contributed by atoms with van der Waals surface area (Å²) in [6.45, 7) is 5.98. The highest BCUT2D eigenvalue weighted by Crippen LogP contribution is 2.23. The van der Waals surface area contributed by atoms with E-state index in [1.165, 1.54) is 5.56 Å². The number of nitrogens with two attached hydrogens (primary N) is 1. The Hall–Kier alpha value is -1.07. The van der Waals surface area contributed by atoms with Gasteiger partial charge >= 0.3 is 0 Å². The average molecular weight is 356 g/mol. The molecule has 0 amide bonds. The third kappa shape index (κ3) is 6.06. The Balaban J connectivity index is 2.32. The molecule has 0 heterocycles. The fraction of sp³-hybridized carbons (Fsp3) is 0.562. The van der Waals surface area contributed by atoms with Gasteiger partial charge in [0.1, 0.15) is 5.84 Å². The van der Waals surface area contributed by atoms with Gasteiger partial charge in [0, 0.05) is 16.4 Å². The van der Waals surface area contributed by atoms with E-state index in [4.69, 9.17) is 10.9 Å². The maximum absolute atomic E-state index is 8.76. The number of halogens is 1. The van der Waals surface area contributed by atoms with E-state index in [9.17, 15) is 0 Å². The summed E-state index contributed by atoms with van der Waals surface area (Å²) in [5.74, 6) is 0.309. The average Bonchev–Trinajstić information content (AvgIpc) is 2.45. The second-order valence-corrected chi connectivity index (χ2v) is 7.01. The number of amidine groups is 1. The number of hydrogen-bond donors (Lipinski definition) is 2. The van der Waals surface area contributed by atoms with Gasteiger partial charge in [0.25, 0.3) is 0 Å². The molecule has 1 rings (SSSR count). The maximum atomic E-state index is 8.76. The van der Waals surface area contributed by atoms with E-state index in [1.807, 2.05) is 19.9 Å². The van der Waals surface area contributed by atoms with Crippen molar-refractivity contribution >= 4 is 21.8 Å². The number of unbranched alkanes of at least 4 members (excludes halogenated alkanes) is 1. The largest absolute Gasteiger partial charge is 0.409 e. The molecule has 0 fully saturated rings. The van der Waals surface area contributed by atoms with E-state index in [0.29, 0.717) is 5.84 Å². The molecule has 0 spiro atoms. The van der Waals surface area contributed by atoms with Crippen LogP contribution >= 0.6 is 15.9 Å². The zero-order valence-corrected chi connectivity index (χ0v) is 14.7. The molecular formula is C16H26BrN3O. The van der Waals surface area contributed by atoms with E-state index < -0.39 is 0 Å². The lowest BCUT2D eigenvalue weighted by Crippen LogP contribution is -2.32. The summed E-state index contributed by atoms with van der Waals surface area (Å²) in [6.07, 6.45) is 3.08. The second-order valence-electron chi connectivity index (χ2n) is 6.16. The Morgan fingerprint density at radius 1 is 1.33 bits per heavy atom. The molecule has 5 heteroatoms. The van der Waals surface area contributed by atoms with Gasteiger partial charge in [0.05, 0.1) is 0 Å². The Kier molecular flexibility index (Phi) is 7.18. The quantitative estimate of drug-likeness (QED) is 0.245. The molecule has 3 N–H and O–H groups in total. The van der Waals surface area contributed by atoms with Crippen molar-refractivity contribution < 1.29 is 5.21 Å². The van der Waals surface area contributed by atoms with Crippen molar-refractivity contribution in [2.24, 2.45) is 16.3 Å². The number of benzene rings is 1. The summed E-state index contributed by atoms with van der Waals surface area (Å²) < 4.78 is 1.16. The van der Waals surface area contributed by atoms with Gasteiger partial charge in [-0.2, -0.15) is 0 Å². The highest BCUT2D eigenvalue weighted by atomic mass is 79.9. The fourth-order valence-electron chi connectivity index (χ4n) is 2.21. The second kappa shape index (κ2) is 8.39. The van der Waals surface area contributed by atoms with Gasteiger partial charge in [0.2, 0.25) is 0 Å². The van der Waals surface area contributed by atoms with Crippen LogP contribution in [-0.2, 0) is 6.54 Å². The van der Waals surface area contributed by atoms with Gasteiger partial charge in [-0.25, -0.2) is 0 Å². The molecule has 118 valence electrons. The first-order valence-corrected chi connectivity index (χ1v) is 8.06. The molecule has 0 unspecified atom stereocenters. The van der Waals surface area contributed by atoms with Gasteiger partial charge < -0.3 is 15.8 Å². The third-order valence-electron chi connectivity index (χ3n) is 3.79. The third-order valence-corrected chi connectivity index (χ3v) is 4.56. The molecule has 0 saturated heterocycles. The lowest BCUT2D eigenvalue weighted by molar-refractivity contribution is 0.295. The molecule has 21 heavy (non-hydrogen) atoms. The predicted octanol–water partition coefficient (Wildman–Crippen LogP) is 3.82. The normalized spacial score (nSPS) is 12.9. The first kappa shape index (κ1) is 18.0. The number of oxime groups is 1. The van der Waals surface area contributed by atoms with E-state index in [2.05, 4.69) is 51.2 Å². The molecule has 0 aromatic heterocycles. The molecule has 0 atom stereocenters. The molecule has 1 aromatic carbocycles. The number of rotatable bonds is 8. The highest BCUT2D eigenvalue weighted by molar-refractivity contribution is 9.10. The number of nitrogens with zero attached hydrogens (tertiary/aromatic N) is 2. The summed E-state index contributed by atoms with van der Waals surface area (Å²) in [6, 6.07) is 8.31. The minimum Gasteiger partial charge on any atom is -0.409 e. The molecular weight excluding hydrogens is 330 g/mol. The van der Waals surface area contributed by atoms with Gasteiger partial charge in [0.15, 0.2) is 0 Å². The zero-order chi connectivity index (χ0) is 15.9. The summed E-state index contributed by atoms with van der Waals surface area (Å²) >= 11 is 3.58. The van der Waals surface area contributed by atoms with Crippen LogP contribution in [0.4, 0.5) is 0 Å². The van der Waals surface area contributed by atoms with Crippen molar-refractivity contribution in [1.29, 1.82) is 0 Å². The molecule has 0 radical (unpaired) electrons. The lowest BCUT2D eigenvalue weighted by atomic mass is 9.86. The summed E-state index contributed by atoms with van der Waals surface area (Å²) in [4.78, 5) is 2.32. The molecule has 0 aliphatic carbocycles. The van der Waals surface area contributed by atoms with Crippen molar-refractivity contribution in [3.05, 3.63) is 34.3 Å². The van der Waals surface area contributed by atoms with Crippen molar-refractivity contribution in [1.82, 2.24) is 4.90 Å². The minimum absolute atomic E-state index is 0.240. The Morgan fingerprint density at radius 3 is 2.62 bits per heavy atom. The summed E-state index contributed by atoms with van der Waals surface area (Å²) in [5.41, 5.74) is 6.76. The van der Waals surface area contributed by atoms with Gasteiger partial charge in [-0.05, 0) is 38.1 Å². The Bertz CT molecular complexity index is 474. The van der Waals surface area contributed by atoms with Crippen LogP contribution < -0.4 is 5.73 Å². The summed E-state index contributed by atoms with van der Waals surface area (Å²) in [5, 5.41) is 11.9. The van der Waals surface area contributed by atoms with Gasteiger partial charge in [-0.15, -0.1) is 0 Å². The summed E-state index contributed by atoms with van der Waals surface area (Å²) in [7, 11) is 2.13. The van der Waals surface area contributed by atoms with Gasteiger partial charge in [-0.1, -0.05) is 59.6 Å². The van der Waals surface area contributed by atoms with Crippen LogP contribution in [0, 0.1) is 5.41 Å². The van der Waals surface area contributed by atoms with Crippen LogP contribution in [0.25, 0.3) is 0 Å². The monoisotopic (exact) mass is 355 g/mol.